The number of nitrogens with one attached hydrogen (secondary N) is 1. The first-order valence-corrected chi connectivity index (χ1v) is 9.10. The summed E-state index contributed by atoms with van der Waals surface area (Å²) in [4.78, 5) is 14.0. The molecule has 2 fully saturated rings. The molecule has 0 radical (unpaired) electrons. The predicted molar refractivity (Wildman–Crippen MR) is 99.4 cm³/mol. The molecule has 25 heavy (non-hydrogen) atoms. The van der Waals surface area contributed by atoms with Crippen LogP contribution in [0.5, 0.6) is 0 Å². The average molecular weight is 339 g/mol. The summed E-state index contributed by atoms with van der Waals surface area (Å²) in [5, 5.41) is 3.27. The molecule has 1 aromatic heterocycles. The second-order valence-corrected chi connectivity index (χ2v) is 6.60. The molecule has 2 aliphatic rings. The maximum Gasteiger partial charge on any atom is 0.229 e. The van der Waals surface area contributed by atoms with E-state index in [0.717, 1.165) is 50.9 Å². The van der Waals surface area contributed by atoms with Crippen molar-refractivity contribution in [1.29, 1.82) is 0 Å². The quantitative estimate of drug-likeness (QED) is 0.924. The molecule has 0 spiro atoms. The number of piperidine rings is 1. The maximum absolute atomic E-state index is 5.47. The fraction of sp³-hybridized carbons (Fsp3) is 0.474. The number of morpholine rings is 1. The van der Waals surface area contributed by atoms with Gasteiger partial charge in [-0.3, -0.25) is 4.90 Å². The highest BCUT2D eigenvalue weighted by atomic mass is 16.5. The van der Waals surface area contributed by atoms with E-state index in [1.807, 2.05) is 42.6 Å². The third-order valence-corrected chi connectivity index (χ3v) is 5.02. The van der Waals surface area contributed by atoms with Gasteiger partial charge in [-0.05, 0) is 31.0 Å². The van der Waals surface area contributed by atoms with Crippen molar-refractivity contribution in [2.75, 3.05) is 49.6 Å². The van der Waals surface area contributed by atoms with Crippen LogP contribution in [0.25, 0.3) is 0 Å². The van der Waals surface area contributed by atoms with Crippen molar-refractivity contribution in [3.05, 3.63) is 42.6 Å². The molecule has 6 nitrogen and oxygen atoms in total. The molecule has 0 aliphatic carbocycles. The molecule has 4 rings (SSSR count). The zero-order valence-electron chi connectivity index (χ0n) is 14.5. The molecule has 0 amide bonds. The summed E-state index contributed by atoms with van der Waals surface area (Å²) in [6.07, 6.45) is 4.21. The van der Waals surface area contributed by atoms with Gasteiger partial charge < -0.3 is 15.0 Å². The lowest BCUT2D eigenvalue weighted by Gasteiger charge is -2.40. The Morgan fingerprint density at radius 2 is 1.72 bits per heavy atom. The van der Waals surface area contributed by atoms with E-state index in [1.165, 1.54) is 12.8 Å². The first kappa shape index (κ1) is 16.3. The number of hydrogen-bond acceptors (Lipinski definition) is 6. The number of hydrogen-bond donors (Lipinski definition) is 1. The Kier molecular flexibility index (Phi) is 5.09. The van der Waals surface area contributed by atoms with Crippen molar-refractivity contribution in [3.63, 3.8) is 0 Å². The Morgan fingerprint density at radius 1 is 0.960 bits per heavy atom. The van der Waals surface area contributed by atoms with E-state index in [9.17, 15) is 0 Å². The van der Waals surface area contributed by atoms with Crippen LogP contribution >= 0.6 is 0 Å². The van der Waals surface area contributed by atoms with Crippen LogP contribution in [0.2, 0.25) is 0 Å². The van der Waals surface area contributed by atoms with Gasteiger partial charge in [-0.25, -0.2) is 4.98 Å². The largest absolute Gasteiger partial charge is 0.379 e. The fourth-order valence-corrected chi connectivity index (χ4v) is 3.64. The minimum Gasteiger partial charge on any atom is -0.379 e. The van der Waals surface area contributed by atoms with Crippen molar-refractivity contribution in [2.45, 2.75) is 18.9 Å². The molecule has 2 aliphatic heterocycles. The standard InChI is InChI=1S/C19H25N5O/c1-2-4-16(5-3-1)21-19-20-9-6-18(22-19)24-10-7-17(8-11-24)23-12-14-25-15-13-23/h1-6,9,17H,7-8,10-15H2,(H,20,21,22). The number of anilines is 3. The number of rotatable bonds is 4. The topological polar surface area (TPSA) is 53.5 Å². The van der Waals surface area contributed by atoms with Crippen LogP contribution < -0.4 is 10.2 Å². The van der Waals surface area contributed by atoms with Crippen molar-refractivity contribution in [1.82, 2.24) is 14.9 Å². The summed E-state index contributed by atoms with van der Waals surface area (Å²) < 4.78 is 5.47. The lowest BCUT2D eigenvalue weighted by Crippen LogP contribution is -2.49. The molecular weight excluding hydrogens is 314 g/mol. The Bertz CT molecular complexity index is 667. The van der Waals surface area contributed by atoms with Crippen LogP contribution in [0.1, 0.15) is 12.8 Å². The average Bonchev–Trinajstić information content (AvgIpc) is 2.70. The van der Waals surface area contributed by atoms with E-state index in [4.69, 9.17) is 9.72 Å². The Hall–Kier alpha value is -2.18. The second kappa shape index (κ2) is 7.80. The van der Waals surface area contributed by atoms with Crippen LogP contribution in [0, 0.1) is 0 Å². The summed E-state index contributed by atoms with van der Waals surface area (Å²) in [5.74, 6) is 1.66. The third kappa shape index (κ3) is 4.08. The van der Waals surface area contributed by atoms with Gasteiger partial charge in [0.25, 0.3) is 0 Å². The van der Waals surface area contributed by atoms with Crippen LogP contribution in [0.15, 0.2) is 42.6 Å². The van der Waals surface area contributed by atoms with Crippen molar-refractivity contribution in [2.24, 2.45) is 0 Å². The fourth-order valence-electron chi connectivity index (χ4n) is 3.64. The van der Waals surface area contributed by atoms with Gasteiger partial charge in [0.1, 0.15) is 5.82 Å². The van der Waals surface area contributed by atoms with Crippen LogP contribution in [-0.4, -0.2) is 60.3 Å². The maximum atomic E-state index is 5.47. The lowest BCUT2D eigenvalue weighted by atomic mass is 10.0. The van der Waals surface area contributed by atoms with Crippen molar-refractivity contribution < 1.29 is 4.74 Å². The predicted octanol–water partition coefficient (Wildman–Crippen LogP) is 2.52. The Balaban J connectivity index is 1.37. The van der Waals surface area contributed by atoms with Gasteiger partial charge in [-0.15, -0.1) is 0 Å². The molecule has 2 saturated heterocycles. The summed E-state index contributed by atoms with van der Waals surface area (Å²) >= 11 is 0. The number of para-hydroxylation sites is 1. The molecular formula is C19H25N5O. The normalized spacial score (nSPS) is 19.8. The van der Waals surface area contributed by atoms with Gasteiger partial charge in [0.15, 0.2) is 0 Å². The second-order valence-electron chi connectivity index (χ2n) is 6.60. The van der Waals surface area contributed by atoms with E-state index >= 15 is 0 Å². The van der Waals surface area contributed by atoms with Gasteiger partial charge in [-0.1, -0.05) is 18.2 Å². The van der Waals surface area contributed by atoms with E-state index in [1.54, 1.807) is 0 Å². The van der Waals surface area contributed by atoms with E-state index in [2.05, 4.69) is 20.1 Å². The third-order valence-electron chi connectivity index (χ3n) is 5.02. The summed E-state index contributed by atoms with van der Waals surface area (Å²) in [6.45, 7) is 5.99. The number of ether oxygens (including phenoxy) is 1. The number of aromatic nitrogens is 2. The van der Waals surface area contributed by atoms with Crippen LogP contribution in [-0.2, 0) is 4.74 Å². The highest BCUT2D eigenvalue weighted by molar-refractivity contribution is 5.54. The van der Waals surface area contributed by atoms with Crippen LogP contribution in [0.3, 0.4) is 0 Å². The van der Waals surface area contributed by atoms with E-state index < -0.39 is 0 Å². The molecule has 132 valence electrons. The number of benzene rings is 1. The molecule has 3 heterocycles. The molecule has 0 unspecified atom stereocenters. The highest BCUT2D eigenvalue weighted by Crippen LogP contribution is 2.23. The molecule has 0 saturated carbocycles. The molecule has 0 bridgehead atoms. The minimum atomic E-state index is 0.652. The zero-order valence-corrected chi connectivity index (χ0v) is 14.5. The lowest BCUT2D eigenvalue weighted by molar-refractivity contribution is 0.0115. The zero-order chi connectivity index (χ0) is 16.9. The summed E-state index contributed by atoms with van der Waals surface area (Å²) in [5.41, 5.74) is 1.01. The summed E-state index contributed by atoms with van der Waals surface area (Å²) in [6, 6.07) is 12.7. The van der Waals surface area contributed by atoms with Crippen molar-refractivity contribution in [3.8, 4) is 0 Å². The minimum absolute atomic E-state index is 0.652. The van der Waals surface area contributed by atoms with Gasteiger partial charge in [-0.2, -0.15) is 4.98 Å². The van der Waals surface area contributed by atoms with E-state index in [0.29, 0.717) is 12.0 Å². The number of nitrogens with zero attached hydrogens (tertiary/aromatic N) is 4. The Morgan fingerprint density at radius 3 is 2.48 bits per heavy atom. The molecule has 2 aromatic rings. The molecule has 1 N–H and O–H groups in total. The van der Waals surface area contributed by atoms with E-state index in [-0.39, 0.29) is 0 Å². The monoisotopic (exact) mass is 339 g/mol. The SMILES string of the molecule is c1ccc(Nc2nccc(N3CCC(N4CCOCC4)CC3)n2)cc1. The van der Waals surface area contributed by atoms with Crippen molar-refractivity contribution >= 4 is 17.5 Å². The van der Waals surface area contributed by atoms with Gasteiger partial charge in [0, 0.05) is 44.1 Å². The first-order chi connectivity index (χ1) is 12.4. The Labute approximate surface area is 148 Å². The first-order valence-electron chi connectivity index (χ1n) is 9.10. The van der Waals surface area contributed by atoms with Crippen LogP contribution in [0.4, 0.5) is 17.5 Å². The highest BCUT2D eigenvalue weighted by Gasteiger charge is 2.26. The van der Waals surface area contributed by atoms with Gasteiger partial charge in [0.05, 0.1) is 13.2 Å². The summed E-state index contributed by atoms with van der Waals surface area (Å²) in [7, 11) is 0. The molecule has 6 heteroatoms. The molecule has 1 aromatic carbocycles. The smallest absolute Gasteiger partial charge is 0.229 e. The van der Waals surface area contributed by atoms with Gasteiger partial charge >= 0.3 is 0 Å². The van der Waals surface area contributed by atoms with Gasteiger partial charge in [0.2, 0.25) is 5.95 Å². The molecule has 0 atom stereocenters.